The van der Waals surface area contributed by atoms with Gasteiger partial charge in [-0.3, -0.25) is 9.59 Å². The van der Waals surface area contributed by atoms with Gasteiger partial charge in [0.25, 0.3) is 5.91 Å². The first kappa shape index (κ1) is 20.5. The molecule has 152 valence electrons. The molecule has 8 nitrogen and oxygen atoms in total. The van der Waals surface area contributed by atoms with Gasteiger partial charge in [0, 0.05) is 5.56 Å². The molecule has 0 spiro atoms. The average molecular weight is 416 g/mol. The molecular formula is C20H20N2O6S. The van der Waals surface area contributed by atoms with Gasteiger partial charge in [0.2, 0.25) is 15.9 Å². The van der Waals surface area contributed by atoms with Crippen LogP contribution in [-0.4, -0.2) is 39.1 Å². The summed E-state index contributed by atoms with van der Waals surface area (Å²) in [6, 6.07) is 12.1. The number of nitrogens with one attached hydrogen (secondary N) is 1. The molecule has 0 aliphatic carbocycles. The number of para-hydroxylation sites is 1. The predicted octanol–water partition coefficient (Wildman–Crippen LogP) is 2.43. The van der Waals surface area contributed by atoms with Crippen molar-refractivity contribution in [2.75, 3.05) is 22.5 Å². The highest BCUT2D eigenvalue weighted by Gasteiger charge is 2.49. The zero-order chi connectivity index (χ0) is 21.4. The molecule has 0 radical (unpaired) electrons. The molecule has 1 heterocycles. The van der Waals surface area contributed by atoms with Gasteiger partial charge in [-0.2, -0.15) is 0 Å². The summed E-state index contributed by atoms with van der Waals surface area (Å²) in [6.07, 6.45) is 0. The Morgan fingerprint density at radius 2 is 1.79 bits per heavy atom. The minimum Gasteiger partial charge on any atom is -0.465 e. The second-order valence-corrected chi connectivity index (χ2v) is 9.07. The van der Waals surface area contributed by atoms with E-state index in [9.17, 15) is 22.8 Å². The topological polar surface area (TPSA) is 110 Å². The Morgan fingerprint density at radius 1 is 1.10 bits per heavy atom. The lowest BCUT2D eigenvalue weighted by atomic mass is 9.95. The first-order chi connectivity index (χ1) is 13.6. The molecule has 2 aromatic rings. The number of methoxy groups -OCH3 is 1. The fourth-order valence-corrected chi connectivity index (χ4v) is 5.21. The van der Waals surface area contributed by atoms with Gasteiger partial charge in [0.1, 0.15) is 0 Å². The van der Waals surface area contributed by atoms with Gasteiger partial charge in [-0.25, -0.2) is 17.5 Å². The third-order valence-electron chi connectivity index (χ3n) is 4.51. The summed E-state index contributed by atoms with van der Waals surface area (Å²) in [7, 11) is -2.59. The smallest absolute Gasteiger partial charge is 0.339 e. The van der Waals surface area contributed by atoms with Crippen LogP contribution in [0.5, 0.6) is 0 Å². The molecule has 2 aromatic carbocycles. The minimum absolute atomic E-state index is 0.0921. The van der Waals surface area contributed by atoms with Crippen LogP contribution in [0.4, 0.5) is 11.4 Å². The molecule has 0 saturated carbocycles. The summed E-state index contributed by atoms with van der Waals surface area (Å²) in [6.45, 7) is 3.13. The Balaban J connectivity index is 1.92. The van der Waals surface area contributed by atoms with E-state index in [2.05, 4.69) is 5.32 Å². The van der Waals surface area contributed by atoms with E-state index in [1.54, 1.807) is 32.0 Å². The molecule has 1 N–H and O–H groups in total. The molecule has 0 unspecified atom stereocenters. The van der Waals surface area contributed by atoms with E-state index < -0.39 is 33.2 Å². The average Bonchev–Trinajstić information content (AvgIpc) is 2.84. The van der Waals surface area contributed by atoms with Crippen molar-refractivity contribution in [2.24, 2.45) is 5.41 Å². The van der Waals surface area contributed by atoms with Crippen LogP contribution >= 0.6 is 0 Å². The fraction of sp³-hybridized carbons (Fsp3) is 0.250. The molecule has 2 amide bonds. The molecular weight excluding hydrogens is 396 g/mol. The number of carbonyl (C=O) groups excluding carboxylic acids is 3. The number of nitrogens with zero attached hydrogens (tertiary/aromatic N) is 1. The first-order valence-corrected chi connectivity index (χ1v) is 10.3. The number of ether oxygens (including phenoxy) is 1. The zero-order valence-corrected chi connectivity index (χ0v) is 16.9. The molecule has 1 aliphatic heterocycles. The van der Waals surface area contributed by atoms with Crippen molar-refractivity contribution >= 4 is 39.2 Å². The summed E-state index contributed by atoms with van der Waals surface area (Å²) in [5, 5.41) is 2.62. The molecule has 0 bridgehead atoms. The second kappa shape index (κ2) is 7.32. The van der Waals surface area contributed by atoms with Crippen molar-refractivity contribution in [1.29, 1.82) is 0 Å². The Bertz CT molecular complexity index is 1110. The highest BCUT2D eigenvalue weighted by atomic mass is 32.2. The van der Waals surface area contributed by atoms with Gasteiger partial charge in [-0.05, 0) is 44.2 Å². The number of carbonyl (C=O) groups is 3. The summed E-state index contributed by atoms with van der Waals surface area (Å²) in [5.41, 5.74) is -0.389. The van der Waals surface area contributed by atoms with Gasteiger partial charge >= 0.3 is 5.97 Å². The van der Waals surface area contributed by atoms with E-state index in [4.69, 9.17) is 4.74 Å². The third-order valence-corrected chi connectivity index (χ3v) is 6.53. The standard InChI is InChI=1S/C20H20N2O6S/c1-20(2)12-29(26,27)22(19(20)25)14-8-6-7-13(11-14)17(23)21-16-10-5-4-9-15(16)18(24)28-3/h4-11H,12H2,1-3H3,(H,21,23). The van der Waals surface area contributed by atoms with Crippen molar-refractivity contribution in [1.82, 2.24) is 0 Å². The zero-order valence-electron chi connectivity index (χ0n) is 16.1. The predicted molar refractivity (Wildman–Crippen MR) is 107 cm³/mol. The maximum Gasteiger partial charge on any atom is 0.339 e. The Labute approximate surface area is 168 Å². The quantitative estimate of drug-likeness (QED) is 0.767. The van der Waals surface area contributed by atoms with E-state index in [-0.39, 0.29) is 28.3 Å². The van der Waals surface area contributed by atoms with Crippen LogP contribution < -0.4 is 9.62 Å². The number of sulfonamides is 1. The number of amides is 2. The van der Waals surface area contributed by atoms with Crippen molar-refractivity contribution in [3.63, 3.8) is 0 Å². The summed E-state index contributed by atoms with van der Waals surface area (Å²) in [5.74, 6) is -2.02. The molecule has 9 heteroatoms. The minimum atomic E-state index is -3.83. The van der Waals surface area contributed by atoms with E-state index in [1.807, 2.05) is 0 Å². The Kier molecular flexibility index (Phi) is 5.18. The highest BCUT2D eigenvalue weighted by Crippen LogP contribution is 2.36. The Hall–Kier alpha value is -3.20. The lowest BCUT2D eigenvalue weighted by Gasteiger charge is -2.18. The number of benzene rings is 2. The van der Waals surface area contributed by atoms with E-state index >= 15 is 0 Å². The molecule has 0 atom stereocenters. The largest absolute Gasteiger partial charge is 0.465 e. The monoisotopic (exact) mass is 416 g/mol. The summed E-state index contributed by atoms with van der Waals surface area (Å²) < 4.78 is 30.4. The van der Waals surface area contributed by atoms with Crippen LogP contribution in [0.15, 0.2) is 48.5 Å². The number of hydrogen-bond donors (Lipinski definition) is 1. The third kappa shape index (κ3) is 3.86. The lowest BCUT2D eigenvalue weighted by Crippen LogP contribution is -2.33. The van der Waals surface area contributed by atoms with Gasteiger partial charge in [-0.15, -0.1) is 0 Å². The molecule has 1 saturated heterocycles. The first-order valence-electron chi connectivity index (χ1n) is 8.73. The van der Waals surface area contributed by atoms with Crippen LogP contribution in [-0.2, 0) is 19.6 Å². The van der Waals surface area contributed by atoms with Crippen LogP contribution in [0, 0.1) is 5.41 Å². The van der Waals surface area contributed by atoms with Crippen molar-refractivity contribution in [2.45, 2.75) is 13.8 Å². The molecule has 3 rings (SSSR count). The SMILES string of the molecule is COC(=O)c1ccccc1NC(=O)c1cccc(N2C(=O)C(C)(C)CS2(=O)=O)c1. The maximum atomic E-state index is 12.7. The summed E-state index contributed by atoms with van der Waals surface area (Å²) in [4.78, 5) is 37.1. The molecule has 0 aromatic heterocycles. The lowest BCUT2D eigenvalue weighted by molar-refractivity contribution is -0.123. The van der Waals surface area contributed by atoms with E-state index in [1.165, 1.54) is 37.4 Å². The van der Waals surface area contributed by atoms with E-state index in [0.29, 0.717) is 0 Å². The van der Waals surface area contributed by atoms with Gasteiger partial charge in [0.15, 0.2) is 0 Å². The molecule has 29 heavy (non-hydrogen) atoms. The highest BCUT2D eigenvalue weighted by molar-refractivity contribution is 7.94. The van der Waals surface area contributed by atoms with Gasteiger partial charge in [0.05, 0.1) is 35.2 Å². The molecule has 1 fully saturated rings. The second-order valence-electron chi connectivity index (χ2n) is 7.25. The number of anilines is 2. The van der Waals surface area contributed by atoms with Crippen molar-refractivity contribution < 1.29 is 27.5 Å². The summed E-state index contributed by atoms with van der Waals surface area (Å²) >= 11 is 0. The normalized spacial score (nSPS) is 17.1. The number of hydrogen-bond acceptors (Lipinski definition) is 6. The van der Waals surface area contributed by atoms with Crippen molar-refractivity contribution in [3.8, 4) is 0 Å². The molecule has 1 aliphatic rings. The van der Waals surface area contributed by atoms with Crippen LogP contribution in [0.3, 0.4) is 0 Å². The van der Waals surface area contributed by atoms with E-state index in [0.717, 1.165) is 4.31 Å². The van der Waals surface area contributed by atoms with Crippen LogP contribution in [0.25, 0.3) is 0 Å². The van der Waals surface area contributed by atoms with Crippen LogP contribution in [0.2, 0.25) is 0 Å². The Morgan fingerprint density at radius 3 is 2.41 bits per heavy atom. The van der Waals surface area contributed by atoms with Gasteiger partial charge in [-0.1, -0.05) is 18.2 Å². The maximum absolute atomic E-state index is 12.7. The number of rotatable bonds is 4. The fourth-order valence-electron chi connectivity index (χ4n) is 3.11. The number of esters is 1. The van der Waals surface area contributed by atoms with Crippen molar-refractivity contribution in [3.05, 3.63) is 59.7 Å². The van der Waals surface area contributed by atoms with Crippen LogP contribution in [0.1, 0.15) is 34.6 Å². The van der Waals surface area contributed by atoms with Gasteiger partial charge < -0.3 is 10.1 Å².